The summed E-state index contributed by atoms with van der Waals surface area (Å²) in [6.07, 6.45) is 3.24. The Bertz CT molecular complexity index is 889. The van der Waals surface area contributed by atoms with E-state index in [0.717, 1.165) is 44.6 Å². The Morgan fingerprint density at radius 3 is 2.62 bits per heavy atom. The lowest BCUT2D eigenvalue weighted by Gasteiger charge is -2.34. The van der Waals surface area contributed by atoms with Crippen LogP contribution in [-0.4, -0.2) is 70.4 Å². The van der Waals surface area contributed by atoms with Crippen LogP contribution in [0.4, 0.5) is 10.5 Å². The molecule has 1 heterocycles. The van der Waals surface area contributed by atoms with Crippen LogP contribution in [0.1, 0.15) is 18.4 Å². The third kappa shape index (κ3) is 6.29. The van der Waals surface area contributed by atoms with E-state index >= 15 is 0 Å². The zero-order valence-electron chi connectivity index (χ0n) is 19.6. The van der Waals surface area contributed by atoms with Crippen molar-refractivity contribution in [2.24, 2.45) is 5.92 Å². The van der Waals surface area contributed by atoms with Gasteiger partial charge in [0.05, 0.1) is 27.0 Å². The summed E-state index contributed by atoms with van der Waals surface area (Å²) in [6, 6.07) is 13.4. The minimum absolute atomic E-state index is 0.150. The SMILES string of the molecule is COc1ccc(OC)c(NC(=O)N(C)C[C@H]2CCCN(CCc3ccccc3OC)C2)c1. The molecule has 0 saturated carbocycles. The summed E-state index contributed by atoms with van der Waals surface area (Å²) in [4.78, 5) is 17.1. The van der Waals surface area contributed by atoms with E-state index in [-0.39, 0.29) is 6.03 Å². The number of likely N-dealkylation sites (tertiary alicyclic amines) is 1. The number of hydrogen-bond acceptors (Lipinski definition) is 5. The summed E-state index contributed by atoms with van der Waals surface area (Å²) >= 11 is 0. The van der Waals surface area contributed by atoms with Crippen LogP contribution in [0.2, 0.25) is 0 Å². The number of rotatable bonds is 9. The topological polar surface area (TPSA) is 63.3 Å². The Balaban J connectivity index is 1.52. The third-order valence-electron chi connectivity index (χ3n) is 6.02. The van der Waals surface area contributed by atoms with Gasteiger partial charge in [0.15, 0.2) is 0 Å². The fourth-order valence-corrected chi connectivity index (χ4v) is 4.28. The quantitative estimate of drug-likeness (QED) is 0.634. The molecule has 1 aliphatic rings. The molecule has 1 atom stereocenters. The first-order valence-corrected chi connectivity index (χ1v) is 11.1. The number of amides is 2. The highest BCUT2D eigenvalue weighted by atomic mass is 16.5. The minimum Gasteiger partial charge on any atom is -0.497 e. The fourth-order valence-electron chi connectivity index (χ4n) is 4.28. The van der Waals surface area contributed by atoms with E-state index in [1.54, 1.807) is 44.4 Å². The molecule has 7 heteroatoms. The first-order valence-electron chi connectivity index (χ1n) is 11.1. The van der Waals surface area contributed by atoms with Crippen molar-refractivity contribution < 1.29 is 19.0 Å². The average Bonchev–Trinajstić information content (AvgIpc) is 2.83. The molecule has 2 aromatic rings. The van der Waals surface area contributed by atoms with Gasteiger partial charge in [-0.2, -0.15) is 0 Å². The highest BCUT2D eigenvalue weighted by Gasteiger charge is 2.23. The van der Waals surface area contributed by atoms with Gasteiger partial charge in [0.25, 0.3) is 0 Å². The van der Waals surface area contributed by atoms with E-state index in [2.05, 4.69) is 22.3 Å². The molecule has 2 amide bonds. The average molecular weight is 442 g/mol. The number of piperidine rings is 1. The lowest BCUT2D eigenvalue weighted by molar-refractivity contribution is 0.150. The Hall–Kier alpha value is -2.93. The molecular weight excluding hydrogens is 406 g/mol. The summed E-state index contributed by atoms with van der Waals surface area (Å²) < 4.78 is 16.1. The van der Waals surface area contributed by atoms with E-state index in [0.29, 0.717) is 29.6 Å². The van der Waals surface area contributed by atoms with Crippen molar-refractivity contribution in [1.29, 1.82) is 0 Å². The molecule has 0 spiro atoms. The number of nitrogens with one attached hydrogen (secondary N) is 1. The van der Waals surface area contributed by atoms with Crippen LogP contribution >= 0.6 is 0 Å². The summed E-state index contributed by atoms with van der Waals surface area (Å²) in [5.74, 6) is 2.67. The third-order valence-corrected chi connectivity index (χ3v) is 6.02. The molecule has 32 heavy (non-hydrogen) atoms. The normalized spacial score (nSPS) is 16.3. The van der Waals surface area contributed by atoms with Crippen LogP contribution in [0, 0.1) is 5.92 Å². The molecule has 174 valence electrons. The largest absolute Gasteiger partial charge is 0.497 e. The van der Waals surface area contributed by atoms with E-state index in [1.165, 1.54) is 5.56 Å². The Kier molecular flexibility index (Phi) is 8.62. The molecular formula is C25H35N3O4. The van der Waals surface area contributed by atoms with Crippen molar-refractivity contribution in [3.63, 3.8) is 0 Å². The Morgan fingerprint density at radius 1 is 1.09 bits per heavy atom. The maximum absolute atomic E-state index is 12.8. The standard InChI is InChI=1S/C25H35N3O4/c1-27(25(29)26-22-16-21(30-2)11-12-24(22)32-4)17-19-8-7-14-28(18-19)15-13-20-9-5-6-10-23(20)31-3/h5-6,9-12,16,19H,7-8,13-15,17-18H2,1-4H3,(H,26,29)/t19-/m1/s1. The molecule has 7 nitrogen and oxygen atoms in total. The predicted molar refractivity (Wildman–Crippen MR) is 127 cm³/mol. The number of urea groups is 1. The number of carbonyl (C=O) groups excluding carboxylic acids is 1. The molecule has 0 unspecified atom stereocenters. The lowest BCUT2D eigenvalue weighted by Crippen LogP contribution is -2.43. The monoisotopic (exact) mass is 441 g/mol. The van der Waals surface area contributed by atoms with Crippen molar-refractivity contribution in [3.05, 3.63) is 48.0 Å². The number of benzene rings is 2. The van der Waals surface area contributed by atoms with Gasteiger partial charge in [-0.1, -0.05) is 18.2 Å². The second-order valence-corrected chi connectivity index (χ2v) is 8.25. The molecule has 1 N–H and O–H groups in total. The van der Waals surface area contributed by atoms with Crippen LogP contribution in [0.25, 0.3) is 0 Å². The predicted octanol–water partition coefficient (Wildman–Crippen LogP) is 4.13. The van der Waals surface area contributed by atoms with Crippen LogP contribution in [-0.2, 0) is 6.42 Å². The molecule has 1 saturated heterocycles. The Morgan fingerprint density at radius 2 is 1.88 bits per heavy atom. The number of nitrogens with zero attached hydrogens (tertiary/aromatic N) is 2. The van der Waals surface area contributed by atoms with Gasteiger partial charge in [-0.3, -0.25) is 0 Å². The summed E-state index contributed by atoms with van der Waals surface area (Å²) in [5.41, 5.74) is 1.84. The van der Waals surface area contributed by atoms with Gasteiger partial charge in [0.1, 0.15) is 17.2 Å². The van der Waals surface area contributed by atoms with Gasteiger partial charge < -0.3 is 29.3 Å². The fraction of sp³-hybridized carbons (Fsp3) is 0.480. The zero-order valence-corrected chi connectivity index (χ0v) is 19.6. The summed E-state index contributed by atoms with van der Waals surface area (Å²) in [6.45, 7) is 3.80. The number of methoxy groups -OCH3 is 3. The molecule has 0 aliphatic carbocycles. The van der Waals surface area contributed by atoms with Gasteiger partial charge in [-0.05, 0) is 55.5 Å². The van der Waals surface area contributed by atoms with E-state index in [9.17, 15) is 4.79 Å². The Labute approximate surface area is 191 Å². The molecule has 0 radical (unpaired) electrons. The zero-order chi connectivity index (χ0) is 22.9. The number of hydrogen-bond donors (Lipinski definition) is 1. The van der Waals surface area contributed by atoms with Crippen LogP contribution in [0.5, 0.6) is 17.2 Å². The number of anilines is 1. The highest BCUT2D eigenvalue weighted by Crippen LogP contribution is 2.29. The van der Waals surface area contributed by atoms with Crippen molar-refractivity contribution in [3.8, 4) is 17.2 Å². The van der Waals surface area contributed by atoms with E-state index in [4.69, 9.17) is 14.2 Å². The second kappa shape index (κ2) is 11.6. The molecule has 0 aromatic heterocycles. The number of ether oxygens (including phenoxy) is 3. The first-order chi connectivity index (χ1) is 15.5. The smallest absolute Gasteiger partial charge is 0.321 e. The van der Waals surface area contributed by atoms with Crippen molar-refractivity contribution >= 4 is 11.7 Å². The molecule has 2 aromatic carbocycles. The van der Waals surface area contributed by atoms with Crippen molar-refractivity contribution in [1.82, 2.24) is 9.80 Å². The summed E-state index contributed by atoms with van der Waals surface area (Å²) in [7, 11) is 6.75. The molecule has 0 bridgehead atoms. The van der Waals surface area contributed by atoms with E-state index in [1.807, 2.05) is 19.2 Å². The van der Waals surface area contributed by atoms with Gasteiger partial charge in [-0.15, -0.1) is 0 Å². The maximum Gasteiger partial charge on any atom is 0.321 e. The van der Waals surface area contributed by atoms with Crippen LogP contribution < -0.4 is 19.5 Å². The maximum atomic E-state index is 12.8. The molecule has 3 rings (SSSR count). The van der Waals surface area contributed by atoms with Crippen molar-refractivity contribution in [2.45, 2.75) is 19.3 Å². The van der Waals surface area contributed by atoms with Crippen LogP contribution in [0.3, 0.4) is 0 Å². The second-order valence-electron chi connectivity index (χ2n) is 8.25. The van der Waals surface area contributed by atoms with Gasteiger partial charge in [0, 0.05) is 32.7 Å². The molecule has 1 fully saturated rings. The van der Waals surface area contributed by atoms with Gasteiger partial charge in [0.2, 0.25) is 0 Å². The number of carbonyl (C=O) groups is 1. The van der Waals surface area contributed by atoms with E-state index < -0.39 is 0 Å². The first kappa shape index (κ1) is 23.7. The van der Waals surface area contributed by atoms with Gasteiger partial charge >= 0.3 is 6.03 Å². The number of para-hydroxylation sites is 1. The highest BCUT2D eigenvalue weighted by molar-refractivity contribution is 5.91. The van der Waals surface area contributed by atoms with Gasteiger partial charge in [-0.25, -0.2) is 4.79 Å². The summed E-state index contributed by atoms with van der Waals surface area (Å²) in [5, 5.41) is 2.95. The molecule has 1 aliphatic heterocycles. The van der Waals surface area contributed by atoms with Crippen LogP contribution in [0.15, 0.2) is 42.5 Å². The lowest BCUT2D eigenvalue weighted by atomic mass is 9.97. The minimum atomic E-state index is -0.150. The van der Waals surface area contributed by atoms with Crippen molar-refractivity contribution in [2.75, 3.05) is 59.9 Å².